The highest BCUT2D eigenvalue weighted by Crippen LogP contribution is 2.45. The number of benzene rings is 8. The van der Waals surface area contributed by atoms with Gasteiger partial charge < -0.3 is 4.57 Å². The highest BCUT2D eigenvalue weighted by atomic mass is 15.0. The molecule has 3 heterocycles. The standard InChI is InChI=1S/C53H34N4/c1-5-17-35(18-6-1)46-34-47(56-53(55-46)37-21-9-3-10-22-37)39-24-15-23-38(33-39)41-28-16-29-44-50-48(57(52(41)44)40-25-11-4-12-26-40)32-31-43-49(50)42-27-13-14-30-45(42)54-51(43)36-19-7-2-8-20-36/h1-34H. The van der Waals surface area contributed by atoms with Crippen molar-refractivity contribution in [2.24, 2.45) is 0 Å². The molecule has 0 saturated carbocycles. The molecule has 4 nitrogen and oxygen atoms in total. The van der Waals surface area contributed by atoms with Crippen molar-refractivity contribution in [2.75, 3.05) is 0 Å². The van der Waals surface area contributed by atoms with Crippen molar-refractivity contribution in [3.05, 3.63) is 206 Å². The number of rotatable bonds is 6. The Balaban J connectivity index is 1.19. The van der Waals surface area contributed by atoms with E-state index < -0.39 is 0 Å². The van der Waals surface area contributed by atoms with E-state index in [9.17, 15) is 0 Å². The zero-order valence-electron chi connectivity index (χ0n) is 30.9. The van der Waals surface area contributed by atoms with Gasteiger partial charge in [-0.2, -0.15) is 0 Å². The summed E-state index contributed by atoms with van der Waals surface area (Å²) in [6, 6.07) is 72.6. The predicted molar refractivity (Wildman–Crippen MR) is 236 cm³/mol. The number of hydrogen-bond donors (Lipinski definition) is 0. The third-order valence-electron chi connectivity index (χ3n) is 11.0. The van der Waals surface area contributed by atoms with Crippen molar-refractivity contribution in [1.29, 1.82) is 0 Å². The highest BCUT2D eigenvalue weighted by molar-refractivity contribution is 6.30. The second-order valence-electron chi connectivity index (χ2n) is 14.4. The lowest BCUT2D eigenvalue weighted by Gasteiger charge is -2.13. The fourth-order valence-corrected chi connectivity index (χ4v) is 8.41. The van der Waals surface area contributed by atoms with Crippen LogP contribution in [-0.2, 0) is 0 Å². The number of fused-ring (bicyclic) bond motifs is 7. The maximum absolute atomic E-state index is 5.26. The Morgan fingerprint density at radius 1 is 0.351 bits per heavy atom. The second-order valence-corrected chi connectivity index (χ2v) is 14.4. The van der Waals surface area contributed by atoms with Crippen LogP contribution in [0.1, 0.15) is 0 Å². The van der Waals surface area contributed by atoms with Crippen LogP contribution in [0.25, 0.3) is 105 Å². The number of pyridine rings is 1. The van der Waals surface area contributed by atoms with E-state index in [2.05, 4.69) is 187 Å². The van der Waals surface area contributed by atoms with E-state index in [1.54, 1.807) is 0 Å². The molecule has 4 heteroatoms. The molecule has 0 radical (unpaired) electrons. The molecule has 57 heavy (non-hydrogen) atoms. The van der Waals surface area contributed by atoms with Crippen LogP contribution in [0, 0.1) is 0 Å². The molecule has 0 unspecified atom stereocenters. The van der Waals surface area contributed by atoms with Crippen LogP contribution in [0.2, 0.25) is 0 Å². The molecule has 0 aliphatic carbocycles. The lowest BCUT2D eigenvalue weighted by atomic mass is 9.95. The third kappa shape index (κ3) is 5.58. The zero-order valence-corrected chi connectivity index (χ0v) is 30.9. The van der Waals surface area contributed by atoms with Crippen LogP contribution in [0.4, 0.5) is 0 Å². The van der Waals surface area contributed by atoms with Crippen LogP contribution in [0.3, 0.4) is 0 Å². The van der Waals surface area contributed by atoms with Crippen LogP contribution in [0.15, 0.2) is 206 Å². The van der Waals surface area contributed by atoms with Crippen molar-refractivity contribution < 1.29 is 0 Å². The van der Waals surface area contributed by atoms with Gasteiger partial charge in [0, 0.05) is 60.4 Å². The van der Waals surface area contributed by atoms with Gasteiger partial charge in [0.15, 0.2) is 5.82 Å². The van der Waals surface area contributed by atoms with E-state index in [0.29, 0.717) is 5.82 Å². The van der Waals surface area contributed by atoms with E-state index in [1.807, 2.05) is 24.3 Å². The average molecular weight is 727 g/mol. The average Bonchev–Trinajstić information content (AvgIpc) is 3.64. The molecular formula is C53H34N4. The normalized spacial score (nSPS) is 11.5. The van der Waals surface area contributed by atoms with E-state index in [4.69, 9.17) is 15.0 Å². The number of aromatic nitrogens is 4. The molecule has 0 aliphatic heterocycles. The molecule has 0 bridgehead atoms. The van der Waals surface area contributed by atoms with Crippen molar-refractivity contribution in [2.45, 2.75) is 0 Å². The van der Waals surface area contributed by atoms with Crippen molar-refractivity contribution in [3.63, 3.8) is 0 Å². The Kier molecular flexibility index (Phi) is 7.78. The van der Waals surface area contributed by atoms with Gasteiger partial charge in [0.1, 0.15) is 0 Å². The number of para-hydroxylation sites is 3. The summed E-state index contributed by atoms with van der Waals surface area (Å²) in [5.41, 5.74) is 13.6. The molecule has 0 fully saturated rings. The van der Waals surface area contributed by atoms with Crippen LogP contribution >= 0.6 is 0 Å². The third-order valence-corrected chi connectivity index (χ3v) is 11.0. The molecule has 266 valence electrons. The topological polar surface area (TPSA) is 43.6 Å². The predicted octanol–water partition coefficient (Wildman–Crippen LogP) is 13.6. The Morgan fingerprint density at radius 2 is 0.930 bits per heavy atom. The van der Waals surface area contributed by atoms with Crippen LogP contribution in [0.5, 0.6) is 0 Å². The van der Waals surface area contributed by atoms with Gasteiger partial charge in [-0.3, -0.25) is 0 Å². The van der Waals surface area contributed by atoms with E-state index in [1.165, 1.54) is 16.2 Å². The first kappa shape index (κ1) is 32.7. The fourth-order valence-electron chi connectivity index (χ4n) is 8.41. The summed E-state index contributed by atoms with van der Waals surface area (Å²) in [4.78, 5) is 15.5. The van der Waals surface area contributed by atoms with Crippen LogP contribution in [-0.4, -0.2) is 19.5 Å². The van der Waals surface area contributed by atoms with Crippen molar-refractivity contribution in [3.8, 4) is 62.0 Å². The zero-order chi connectivity index (χ0) is 37.7. The second kappa shape index (κ2) is 13.6. The maximum Gasteiger partial charge on any atom is 0.160 e. The van der Waals surface area contributed by atoms with Gasteiger partial charge >= 0.3 is 0 Å². The van der Waals surface area contributed by atoms with Crippen LogP contribution < -0.4 is 0 Å². The molecule has 3 aromatic heterocycles. The molecule has 8 aromatic carbocycles. The summed E-state index contributed by atoms with van der Waals surface area (Å²) in [6.45, 7) is 0. The SMILES string of the molecule is c1ccc(-c2cc(-c3cccc(-c4cccc5c6c7c(ccc6n(-c6ccccc6)c45)c(-c4ccccc4)nc4ccccc47)c3)nc(-c3ccccc3)n2)cc1. The van der Waals surface area contributed by atoms with Crippen molar-refractivity contribution >= 4 is 43.5 Å². The smallest absolute Gasteiger partial charge is 0.160 e. The Hall–Kier alpha value is -7.69. The summed E-state index contributed by atoms with van der Waals surface area (Å²) >= 11 is 0. The van der Waals surface area contributed by atoms with E-state index in [0.717, 1.165) is 83.5 Å². The lowest BCUT2D eigenvalue weighted by molar-refractivity contribution is 1.18. The van der Waals surface area contributed by atoms with Gasteiger partial charge in [-0.15, -0.1) is 0 Å². The Labute approximate surface area is 330 Å². The minimum Gasteiger partial charge on any atom is -0.309 e. The van der Waals surface area contributed by atoms with E-state index >= 15 is 0 Å². The lowest BCUT2D eigenvalue weighted by Crippen LogP contribution is -1.97. The molecule has 0 saturated heterocycles. The fraction of sp³-hybridized carbons (Fsp3) is 0. The number of nitrogens with zero attached hydrogens (tertiary/aromatic N) is 4. The molecular weight excluding hydrogens is 693 g/mol. The first-order valence-electron chi connectivity index (χ1n) is 19.3. The molecule has 0 spiro atoms. The summed E-state index contributed by atoms with van der Waals surface area (Å²) in [5, 5.41) is 5.91. The Morgan fingerprint density at radius 3 is 1.68 bits per heavy atom. The van der Waals surface area contributed by atoms with Gasteiger partial charge in [-0.25, -0.2) is 15.0 Å². The molecule has 11 rings (SSSR count). The molecule has 0 N–H and O–H groups in total. The molecule has 0 amide bonds. The first-order valence-corrected chi connectivity index (χ1v) is 19.3. The van der Waals surface area contributed by atoms with Gasteiger partial charge in [0.25, 0.3) is 0 Å². The van der Waals surface area contributed by atoms with Gasteiger partial charge in [-0.05, 0) is 42.0 Å². The maximum atomic E-state index is 5.26. The monoisotopic (exact) mass is 726 g/mol. The van der Waals surface area contributed by atoms with Gasteiger partial charge in [0.05, 0.1) is 33.6 Å². The summed E-state index contributed by atoms with van der Waals surface area (Å²) in [6.07, 6.45) is 0. The molecule has 11 aromatic rings. The quantitative estimate of drug-likeness (QED) is 0.160. The summed E-state index contributed by atoms with van der Waals surface area (Å²) in [5.74, 6) is 0.701. The Bertz CT molecular complexity index is 3210. The largest absolute Gasteiger partial charge is 0.309 e. The van der Waals surface area contributed by atoms with Gasteiger partial charge in [-0.1, -0.05) is 170 Å². The van der Waals surface area contributed by atoms with Gasteiger partial charge in [0.2, 0.25) is 0 Å². The molecule has 0 atom stereocenters. The molecule has 0 aliphatic rings. The minimum atomic E-state index is 0.701. The first-order chi connectivity index (χ1) is 28.3. The highest BCUT2D eigenvalue weighted by Gasteiger charge is 2.22. The summed E-state index contributed by atoms with van der Waals surface area (Å²) in [7, 11) is 0. The number of hydrogen-bond acceptors (Lipinski definition) is 3. The van der Waals surface area contributed by atoms with E-state index in [-0.39, 0.29) is 0 Å². The minimum absolute atomic E-state index is 0.701. The summed E-state index contributed by atoms with van der Waals surface area (Å²) < 4.78 is 2.44. The van der Waals surface area contributed by atoms with Crippen molar-refractivity contribution in [1.82, 2.24) is 19.5 Å².